The molecule has 1 saturated heterocycles. The number of hydrogen-bond acceptors (Lipinski definition) is 6. The van der Waals surface area contributed by atoms with Gasteiger partial charge in [-0.05, 0) is 25.5 Å². The minimum Gasteiger partial charge on any atom is -0.481 e. The Morgan fingerprint density at radius 2 is 2.22 bits per heavy atom. The van der Waals surface area contributed by atoms with Gasteiger partial charge in [-0.3, -0.25) is 9.48 Å². The zero-order chi connectivity index (χ0) is 19.0. The molecule has 0 bridgehead atoms. The summed E-state index contributed by atoms with van der Waals surface area (Å²) in [6, 6.07) is 5.37. The van der Waals surface area contributed by atoms with E-state index in [1.807, 2.05) is 20.0 Å². The Hall–Kier alpha value is -3.00. The molecule has 4 heterocycles. The lowest BCUT2D eigenvalue weighted by Crippen LogP contribution is -2.37. The second kappa shape index (κ2) is 6.96. The highest BCUT2D eigenvalue weighted by Crippen LogP contribution is 2.30. The molecule has 0 aliphatic carbocycles. The van der Waals surface area contributed by atoms with Gasteiger partial charge < -0.3 is 14.8 Å². The number of aromatic nitrogens is 4. The van der Waals surface area contributed by atoms with E-state index in [-0.39, 0.29) is 18.1 Å². The molecular weight excluding hydrogens is 346 g/mol. The van der Waals surface area contributed by atoms with Crippen molar-refractivity contribution in [2.24, 2.45) is 7.05 Å². The molecule has 0 saturated carbocycles. The smallest absolute Gasteiger partial charge is 0.252 e. The van der Waals surface area contributed by atoms with E-state index in [9.17, 15) is 4.79 Å². The van der Waals surface area contributed by atoms with Crippen LogP contribution in [0.4, 0.5) is 0 Å². The zero-order valence-corrected chi connectivity index (χ0v) is 15.5. The van der Waals surface area contributed by atoms with Gasteiger partial charge in [0.15, 0.2) is 5.65 Å². The Morgan fingerprint density at radius 1 is 1.37 bits per heavy atom. The summed E-state index contributed by atoms with van der Waals surface area (Å²) in [7, 11) is 3.39. The van der Waals surface area contributed by atoms with E-state index >= 15 is 0 Å². The Labute approximate surface area is 156 Å². The Balaban J connectivity index is 1.58. The summed E-state index contributed by atoms with van der Waals surface area (Å²) in [6.45, 7) is 2.45. The van der Waals surface area contributed by atoms with Crippen molar-refractivity contribution in [2.75, 3.05) is 13.7 Å². The van der Waals surface area contributed by atoms with Crippen molar-refractivity contribution in [3.05, 3.63) is 47.4 Å². The summed E-state index contributed by atoms with van der Waals surface area (Å²) in [4.78, 5) is 21.7. The van der Waals surface area contributed by atoms with Crippen LogP contribution < -0.4 is 10.1 Å². The van der Waals surface area contributed by atoms with Crippen molar-refractivity contribution in [2.45, 2.75) is 25.5 Å². The monoisotopic (exact) mass is 367 g/mol. The number of nitrogens with zero attached hydrogens (tertiary/aromatic N) is 4. The molecule has 8 nitrogen and oxygen atoms in total. The minimum absolute atomic E-state index is 0.132. The van der Waals surface area contributed by atoms with Gasteiger partial charge in [0.25, 0.3) is 5.91 Å². The first-order chi connectivity index (χ1) is 13.1. The molecule has 8 heteroatoms. The Bertz CT molecular complexity index is 983. The fraction of sp³-hybridized carbons (Fsp3) is 0.368. The van der Waals surface area contributed by atoms with Crippen molar-refractivity contribution in [3.63, 3.8) is 0 Å². The molecule has 0 spiro atoms. The van der Waals surface area contributed by atoms with Crippen LogP contribution in [0.2, 0.25) is 0 Å². The summed E-state index contributed by atoms with van der Waals surface area (Å²) in [5.41, 5.74) is 2.95. The fourth-order valence-electron chi connectivity index (χ4n) is 3.42. The second-order valence-electron chi connectivity index (χ2n) is 6.61. The second-order valence-corrected chi connectivity index (χ2v) is 6.61. The first-order valence-corrected chi connectivity index (χ1v) is 8.78. The molecule has 2 atom stereocenters. The molecule has 1 N–H and O–H groups in total. The van der Waals surface area contributed by atoms with E-state index < -0.39 is 0 Å². The van der Waals surface area contributed by atoms with Crippen LogP contribution in [-0.4, -0.2) is 45.4 Å². The van der Waals surface area contributed by atoms with Gasteiger partial charge in [-0.2, -0.15) is 5.10 Å². The molecular formula is C19H21N5O3. The summed E-state index contributed by atoms with van der Waals surface area (Å²) in [5.74, 6) is 0.393. The molecule has 1 aliphatic rings. The lowest BCUT2D eigenvalue weighted by atomic mass is 10.0. The highest BCUT2D eigenvalue weighted by Gasteiger charge is 2.32. The van der Waals surface area contributed by atoms with Gasteiger partial charge in [0, 0.05) is 37.2 Å². The van der Waals surface area contributed by atoms with Gasteiger partial charge in [-0.1, -0.05) is 0 Å². The van der Waals surface area contributed by atoms with E-state index in [1.165, 1.54) is 0 Å². The summed E-state index contributed by atoms with van der Waals surface area (Å²) in [6.07, 6.45) is 3.90. The molecule has 0 radical (unpaired) electrons. The number of nitrogens with one attached hydrogen (secondary N) is 1. The van der Waals surface area contributed by atoms with Crippen molar-refractivity contribution >= 4 is 16.9 Å². The average molecular weight is 367 g/mol. The number of pyridine rings is 2. The quantitative estimate of drug-likeness (QED) is 0.758. The number of methoxy groups -OCH3 is 1. The summed E-state index contributed by atoms with van der Waals surface area (Å²) < 4.78 is 12.6. The number of carbonyl (C=O) groups excluding carboxylic acids is 1. The predicted octanol–water partition coefficient (Wildman–Crippen LogP) is 1.94. The number of aryl methyl sites for hydroxylation is 2. The highest BCUT2D eigenvalue weighted by molar-refractivity contribution is 6.05. The van der Waals surface area contributed by atoms with Crippen LogP contribution in [0.15, 0.2) is 30.6 Å². The first kappa shape index (κ1) is 17.4. The average Bonchev–Trinajstić information content (AvgIpc) is 3.28. The lowest BCUT2D eigenvalue weighted by Gasteiger charge is -2.20. The molecule has 27 heavy (non-hydrogen) atoms. The Kier molecular flexibility index (Phi) is 4.49. The Morgan fingerprint density at radius 3 is 2.96 bits per heavy atom. The summed E-state index contributed by atoms with van der Waals surface area (Å²) in [5, 5.41) is 8.07. The number of fused-ring (bicyclic) bond motifs is 1. The number of hydrogen-bond donors (Lipinski definition) is 1. The molecule has 140 valence electrons. The molecule has 0 aromatic carbocycles. The van der Waals surface area contributed by atoms with Crippen molar-refractivity contribution in [3.8, 4) is 5.88 Å². The maximum Gasteiger partial charge on any atom is 0.252 e. The molecule has 3 aromatic heterocycles. The van der Waals surface area contributed by atoms with Crippen LogP contribution in [-0.2, 0) is 11.8 Å². The van der Waals surface area contributed by atoms with Crippen LogP contribution in [0.25, 0.3) is 11.0 Å². The first-order valence-electron chi connectivity index (χ1n) is 8.78. The van der Waals surface area contributed by atoms with E-state index in [4.69, 9.17) is 9.47 Å². The maximum atomic E-state index is 13.0. The SMILES string of the molecule is COc1ccc([C@H]2OCC[C@@H]2NC(=O)c2cc(C)nc3c2cnn3C)cn1. The van der Waals surface area contributed by atoms with Gasteiger partial charge in [-0.15, -0.1) is 0 Å². The van der Waals surface area contributed by atoms with Gasteiger partial charge in [0.2, 0.25) is 5.88 Å². The molecule has 4 rings (SSSR count). The van der Waals surface area contributed by atoms with E-state index in [0.717, 1.165) is 23.1 Å². The van der Waals surface area contributed by atoms with E-state index in [1.54, 1.807) is 36.3 Å². The van der Waals surface area contributed by atoms with Crippen LogP contribution in [0.1, 0.15) is 34.1 Å². The normalized spacial score (nSPS) is 19.4. The molecule has 1 fully saturated rings. The van der Waals surface area contributed by atoms with Crippen LogP contribution in [0.3, 0.4) is 0 Å². The predicted molar refractivity (Wildman–Crippen MR) is 98.6 cm³/mol. The third-order valence-electron chi connectivity index (χ3n) is 4.78. The molecule has 3 aromatic rings. The largest absolute Gasteiger partial charge is 0.481 e. The van der Waals surface area contributed by atoms with Gasteiger partial charge in [0.1, 0.15) is 6.10 Å². The topological polar surface area (TPSA) is 91.2 Å². The van der Waals surface area contributed by atoms with Crippen LogP contribution in [0, 0.1) is 6.92 Å². The highest BCUT2D eigenvalue weighted by atomic mass is 16.5. The van der Waals surface area contributed by atoms with Gasteiger partial charge in [0.05, 0.1) is 30.3 Å². The standard InChI is InChI=1S/C19H21N5O3/c1-11-8-13(14-10-21-24(2)18(14)22-11)19(25)23-15-6-7-27-17(15)12-4-5-16(26-3)20-9-12/h4-5,8-10,15,17H,6-7H2,1-3H3,(H,23,25)/t15-,17+/m0/s1. The van der Waals surface area contributed by atoms with Crippen molar-refractivity contribution in [1.29, 1.82) is 0 Å². The number of ether oxygens (including phenoxy) is 2. The van der Waals surface area contributed by atoms with Crippen LogP contribution >= 0.6 is 0 Å². The van der Waals surface area contributed by atoms with Crippen LogP contribution in [0.5, 0.6) is 5.88 Å². The van der Waals surface area contributed by atoms with E-state index in [2.05, 4.69) is 20.4 Å². The maximum absolute atomic E-state index is 13.0. The van der Waals surface area contributed by atoms with Crippen molar-refractivity contribution < 1.29 is 14.3 Å². The fourth-order valence-corrected chi connectivity index (χ4v) is 3.42. The number of carbonyl (C=O) groups is 1. The number of amides is 1. The van der Waals surface area contributed by atoms with Crippen molar-refractivity contribution in [1.82, 2.24) is 25.1 Å². The van der Waals surface area contributed by atoms with Gasteiger partial charge in [-0.25, -0.2) is 9.97 Å². The third kappa shape index (κ3) is 3.23. The molecule has 0 unspecified atom stereocenters. The lowest BCUT2D eigenvalue weighted by molar-refractivity contribution is 0.0821. The van der Waals surface area contributed by atoms with Gasteiger partial charge >= 0.3 is 0 Å². The zero-order valence-electron chi connectivity index (χ0n) is 15.5. The number of rotatable bonds is 4. The van der Waals surface area contributed by atoms with E-state index in [0.29, 0.717) is 23.7 Å². The molecule has 1 aliphatic heterocycles. The summed E-state index contributed by atoms with van der Waals surface area (Å²) >= 11 is 0. The minimum atomic E-state index is -0.236. The molecule has 1 amide bonds. The third-order valence-corrected chi connectivity index (χ3v) is 4.78.